The highest BCUT2D eigenvalue weighted by atomic mass is 16.4. The molecule has 1 aliphatic rings. The highest BCUT2D eigenvalue weighted by Gasteiger charge is 2.45. The van der Waals surface area contributed by atoms with Gasteiger partial charge in [0.1, 0.15) is 0 Å². The fourth-order valence-corrected chi connectivity index (χ4v) is 2.87. The molecule has 2 atom stereocenters. The number of carboxylic acid groups (broad SMARTS) is 1. The van der Waals surface area contributed by atoms with Gasteiger partial charge in [0.05, 0.1) is 6.42 Å². The molecule has 1 aliphatic heterocycles. The molecule has 0 saturated carbocycles. The van der Waals surface area contributed by atoms with E-state index in [1.807, 2.05) is 0 Å². The van der Waals surface area contributed by atoms with Gasteiger partial charge >= 0.3 is 5.97 Å². The molecule has 0 amide bonds. The minimum atomic E-state index is -0.665. The van der Waals surface area contributed by atoms with Crippen LogP contribution in [0.4, 0.5) is 0 Å². The molecule has 0 bridgehead atoms. The molecule has 1 heterocycles. The Hall–Kier alpha value is -0.570. The SMILES string of the molecule is CCCCCC1C(CCCCC)N1CCC(=O)O. The standard InChI is InChI=1S/C15H29NO2/c1-3-5-7-9-13-14(10-8-6-4-2)16(13)12-11-15(17)18/h13-14H,3-12H2,1-2H3,(H,17,18). The van der Waals surface area contributed by atoms with Crippen LogP contribution < -0.4 is 0 Å². The van der Waals surface area contributed by atoms with Crippen LogP contribution >= 0.6 is 0 Å². The summed E-state index contributed by atoms with van der Waals surface area (Å²) in [5.41, 5.74) is 0. The fraction of sp³-hybridized carbons (Fsp3) is 0.933. The van der Waals surface area contributed by atoms with E-state index in [1.165, 1.54) is 51.4 Å². The zero-order valence-electron chi connectivity index (χ0n) is 12.0. The van der Waals surface area contributed by atoms with E-state index in [2.05, 4.69) is 18.7 Å². The van der Waals surface area contributed by atoms with E-state index in [1.54, 1.807) is 0 Å². The summed E-state index contributed by atoms with van der Waals surface area (Å²) in [6.45, 7) is 5.21. The summed E-state index contributed by atoms with van der Waals surface area (Å²) in [5.74, 6) is -0.665. The van der Waals surface area contributed by atoms with Gasteiger partial charge in [-0.3, -0.25) is 9.69 Å². The van der Waals surface area contributed by atoms with E-state index in [-0.39, 0.29) is 0 Å². The van der Waals surface area contributed by atoms with E-state index < -0.39 is 5.97 Å². The highest BCUT2D eigenvalue weighted by molar-refractivity contribution is 5.66. The Morgan fingerprint density at radius 2 is 1.50 bits per heavy atom. The number of unbranched alkanes of at least 4 members (excludes halogenated alkanes) is 4. The topological polar surface area (TPSA) is 40.3 Å². The first kappa shape index (κ1) is 15.5. The third-order valence-electron chi connectivity index (χ3n) is 4.00. The van der Waals surface area contributed by atoms with E-state index in [4.69, 9.17) is 5.11 Å². The van der Waals surface area contributed by atoms with Crippen molar-refractivity contribution in [2.75, 3.05) is 6.54 Å². The van der Waals surface area contributed by atoms with E-state index in [0.29, 0.717) is 18.5 Å². The average molecular weight is 255 g/mol. The zero-order valence-corrected chi connectivity index (χ0v) is 12.0. The van der Waals surface area contributed by atoms with Crippen LogP contribution in [-0.4, -0.2) is 34.6 Å². The molecule has 0 aliphatic carbocycles. The van der Waals surface area contributed by atoms with Crippen molar-refractivity contribution in [1.29, 1.82) is 0 Å². The van der Waals surface area contributed by atoms with Crippen molar-refractivity contribution in [2.24, 2.45) is 0 Å². The maximum atomic E-state index is 10.6. The highest BCUT2D eigenvalue weighted by Crippen LogP contribution is 2.36. The molecule has 0 radical (unpaired) electrons. The molecule has 0 aromatic heterocycles. The number of hydrogen-bond donors (Lipinski definition) is 1. The number of rotatable bonds is 11. The molecule has 106 valence electrons. The maximum Gasteiger partial charge on any atom is 0.304 e. The Labute approximate surface area is 112 Å². The molecule has 3 nitrogen and oxygen atoms in total. The Morgan fingerprint density at radius 1 is 1.00 bits per heavy atom. The monoisotopic (exact) mass is 255 g/mol. The third kappa shape index (κ3) is 5.38. The first-order chi connectivity index (χ1) is 8.70. The fourth-order valence-electron chi connectivity index (χ4n) is 2.87. The molecular formula is C15H29NO2. The second kappa shape index (κ2) is 8.52. The lowest BCUT2D eigenvalue weighted by molar-refractivity contribution is -0.137. The summed E-state index contributed by atoms with van der Waals surface area (Å²) in [6, 6.07) is 1.38. The van der Waals surface area contributed by atoms with Gasteiger partial charge in [0, 0.05) is 18.6 Å². The van der Waals surface area contributed by atoms with Crippen LogP contribution in [0.15, 0.2) is 0 Å². The van der Waals surface area contributed by atoms with E-state index in [0.717, 1.165) is 6.54 Å². The Morgan fingerprint density at radius 3 is 1.89 bits per heavy atom. The summed E-state index contributed by atoms with van der Waals surface area (Å²) in [5, 5.41) is 8.76. The van der Waals surface area contributed by atoms with Gasteiger partial charge in [-0.2, -0.15) is 0 Å². The van der Waals surface area contributed by atoms with E-state index >= 15 is 0 Å². The molecule has 1 saturated heterocycles. The van der Waals surface area contributed by atoms with Crippen LogP contribution in [0.3, 0.4) is 0 Å². The molecule has 0 aromatic rings. The van der Waals surface area contributed by atoms with Gasteiger partial charge in [0.15, 0.2) is 0 Å². The molecule has 0 spiro atoms. The van der Waals surface area contributed by atoms with Crippen molar-refractivity contribution in [3.8, 4) is 0 Å². The van der Waals surface area contributed by atoms with E-state index in [9.17, 15) is 4.79 Å². The number of nitrogens with zero attached hydrogens (tertiary/aromatic N) is 1. The summed E-state index contributed by atoms with van der Waals surface area (Å²) in [7, 11) is 0. The summed E-state index contributed by atoms with van der Waals surface area (Å²) in [4.78, 5) is 13.1. The van der Waals surface area contributed by atoms with Crippen molar-refractivity contribution in [3.05, 3.63) is 0 Å². The van der Waals surface area contributed by atoms with Crippen LogP contribution in [0, 0.1) is 0 Å². The first-order valence-corrected chi connectivity index (χ1v) is 7.68. The van der Waals surface area contributed by atoms with Crippen LogP contribution in [0.1, 0.15) is 71.6 Å². The average Bonchev–Trinajstić information content (AvgIpc) is 3.00. The number of carboxylic acids is 1. The Kier molecular flexibility index (Phi) is 7.33. The Balaban J connectivity index is 2.24. The molecule has 1 N–H and O–H groups in total. The lowest BCUT2D eigenvalue weighted by atomic mass is 10.1. The van der Waals surface area contributed by atoms with Gasteiger partial charge in [-0.05, 0) is 12.8 Å². The lowest BCUT2D eigenvalue weighted by Crippen LogP contribution is -2.10. The van der Waals surface area contributed by atoms with Gasteiger partial charge in [-0.15, -0.1) is 0 Å². The Bertz CT molecular complexity index is 227. The smallest absolute Gasteiger partial charge is 0.304 e. The van der Waals surface area contributed by atoms with Gasteiger partial charge in [-0.25, -0.2) is 0 Å². The minimum absolute atomic E-state index is 0.300. The van der Waals surface area contributed by atoms with Crippen LogP contribution in [-0.2, 0) is 4.79 Å². The quantitative estimate of drug-likeness (QED) is 0.452. The predicted molar refractivity (Wildman–Crippen MR) is 74.8 cm³/mol. The van der Waals surface area contributed by atoms with Crippen LogP contribution in [0.5, 0.6) is 0 Å². The van der Waals surface area contributed by atoms with Gasteiger partial charge in [0.2, 0.25) is 0 Å². The molecule has 0 aromatic carbocycles. The summed E-state index contributed by atoms with van der Waals surface area (Å²) < 4.78 is 0. The normalized spacial score (nSPS) is 26.2. The summed E-state index contributed by atoms with van der Waals surface area (Å²) in [6.07, 6.45) is 10.6. The predicted octanol–water partition coefficient (Wildman–Crippen LogP) is 3.67. The van der Waals surface area contributed by atoms with Crippen molar-refractivity contribution in [1.82, 2.24) is 4.90 Å². The second-order valence-electron chi connectivity index (χ2n) is 5.51. The number of aliphatic carboxylic acids is 1. The minimum Gasteiger partial charge on any atom is -0.481 e. The number of carbonyl (C=O) groups is 1. The second-order valence-corrected chi connectivity index (χ2v) is 5.51. The van der Waals surface area contributed by atoms with Crippen molar-refractivity contribution in [2.45, 2.75) is 83.7 Å². The van der Waals surface area contributed by atoms with Crippen LogP contribution in [0.2, 0.25) is 0 Å². The zero-order chi connectivity index (χ0) is 13.4. The lowest BCUT2D eigenvalue weighted by Gasteiger charge is -2.01. The molecule has 18 heavy (non-hydrogen) atoms. The van der Waals surface area contributed by atoms with Crippen molar-refractivity contribution in [3.63, 3.8) is 0 Å². The van der Waals surface area contributed by atoms with Gasteiger partial charge in [-0.1, -0.05) is 52.4 Å². The number of hydrogen-bond acceptors (Lipinski definition) is 2. The molecule has 1 rings (SSSR count). The maximum absolute atomic E-state index is 10.6. The molecule has 2 unspecified atom stereocenters. The first-order valence-electron chi connectivity index (χ1n) is 7.68. The molecule has 1 fully saturated rings. The van der Waals surface area contributed by atoms with Gasteiger partial charge < -0.3 is 5.11 Å². The molecular weight excluding hydrogens is 226 g/mol. The third-order valence-corrected chi connectivity index (χ3v) is 4.00. The van der Waals surface area contributed by atoms with Gasteiger partial charge in [0.25, 0.3) is 0 Å². The molecule has 3 heteroatoms. The largest absolute Gasteiger partial charge is 0.481 e. The van der Waals surface area contributed by atoms with Crippen LogP contribution in [0.25, 0.3) is 0 Å². The van der Waals surface area contributed by atoms with Crippen molar-refractivity contribution >= 4 is 5.97 Å². The van der Waals surface area contributed by atoms with Crippen molar-refractivity contribution < 1.29 is 9.90 Å². The summed E-state index contributed by atoms with van der Waals surface area (Å²) >= 11 is 0.